The van der Waals surface area contributed by atoms with Crippen molar-refractivity contribution in [3.63, 3.8) is 0 Å². The zero-order valence-corrected chi connectivity index (χ0v) is 14.4. The molecule has 0 saturated carbocycles. The molecule has 26 heavy (non-hydrogen) atoms. The number of anilines is 1. The predicted octanol–water partition coefficient (Wildman–Crippen LogP) is 2.63. The first-order valence-electron chi connectivity index (χ1n) is 8.53. The number of rotatable bonds is 4. The highest BCUT2D eigenvalue weighted by molar-refractivity contribution is 6.06. The van der Waals surface area contributed by atoms with E-state index in [4.69, 9.17) is 4.74 Å². The monoisotopic (exact) mass is 349 g/mol. The Kier molecular flexibility index (Phi) is 4.45. The van der Waals surface area contributed by atoms with Crippen LogP contribution < -0.4 is 5.32 Å². The van der Waals surface area contributed by atoms with Crippen LogP contribution in [0.3, 0.4) is 0 Å². The number of ether oxygens (including phenoxy) is 1. The van der Waals surface area contributed by atoms with Crippen LogP contribution in [0.15, 0.2) is 48.5 Å². The maximum atomic E-state index is 12.8. The van der Waals surface area contributed by atoms with Crippen LogP contribution in [0, 0.1) is 0 Å². The fourth-order valence-corrected chi connectivity index (χ4v) is 3.17. The van der Waals surface area contributed by atoms with Gasteiger partial charge in [-0.3, -0.25) is 4.79 Å². The van der Waals surface area contributed by atoms with Crippen LogP contribution >= 0.6 is 0 Å². The molecule has 3 aromatic rings. The van der Waals surface area contributed by atoms with Gasteiger partial charge in [0.1, 0.15) is 0 Å². The van der Waals surface area contributed by atoms with Crippen molar-refractivity contribution in [2.45, 2.75) is 12.3 Å². The molecule has 0 aliphatic carbocycles. The highest BCUT2D eigenvalue weighted by Crippen LogP contribution is 2.28. The van der Waals surface area contributed by atoms with Crippen LogP contribution in [0.4, 0.5) is 5.69 Å². The Morgan fingerprint density at radius 2 is 2.12 bits per heavy atom. The van der Waals surface area contributed by atoms with Crippen LogP contribution in [0.1, 0.15) is 28.3 Å². The van der Waals surface area contributed by atoms with Gasteiger partial charge in [0.15, 0.2) is 5.82 Å². The van der Waals surface area contributed by atoms with Crippen molar-refractivity contribution in [2.75, 3.05) is 18.5 Å². The van der Waals surface area contributed by atoms with Crippen LogP contribution in [0.25, 0.3) is 11.4 Å². The lowest BCUT2D eigenvalue weighted by atomic mass is 9.96. The molecule has 1 atom stereocenters. The Hall–Kier alpha value is -3.06. The lowest BCUT2D eigenvalue weighted by Gasteiger charge is -2.12. The van der Waals surface area contributed by atoms with E-state index in [2.05, 4.69) is 26.9 Å². The zero-order valence-electron chi connectivity index (χ0n) is 14.4. The quantitative estimate of drug-likeness (QED) is 0.783. The number of amides is 1. The van der Waals surface area contributed by atoms with Gasteiger partial charge in [-0.1, -0.05) is 24.3 Å². The third-order valence-corrected chi connectivity index (χ3v) is 4.59. The molecule has 0 spiro atoms. The second-order valence-electron chi connectivity index (χ2n) is 6.31. The highest BCUT2D eigenvalue weighted by atomic mass is 16.5. The summed E-state index contributed by atoms with van der Waals surface area (Å²) in [6.07, 6.45) is 0.993. The molecule has 1 saturated heterocycles. The summed E-state index contributed by atoms with van der Waals surface area (Å²) < 4.78 is 7.03. The van der Waals surface area contributed by atoms with Crippen LogP contribution in [-0.2, 0) is 11.8 Å². The molecule has 2 aromatic carbocycles. The van der Waals surface area contributed by atoms with Crippen molar-refractivity contribution in [3.8, 4) is 11.4 Å². The molecule has 7 nitrogen and oxygen atoms in total. The number of nitrogens with zero attached hydrogens (tertiary/aromatic N) is 4. The number of nitrogens with one attached hydrogen (secondary N) is 1. The molecular formula is C19H19N5O2. The molecule has 1 aromatic heterocycles. The van der Waals surface area contributed by atoms with Gasteiger partial charge < -0.3 is 10.1 Å². The van der Waals surface area contributed by atoms with Gasteiger partial charge in [-0.25, -0.2) is 4.68 Å². The Bertz CT molecular complexity index is 931. The first-order valence-corrected chi connectivity index (χ1v) is 8.53. The summed E-state index contributed by atoms with van der Waals surface area (Å²) in [6, 6.07) is 15.2. The second-order valence-corrected chi connectivity index (χ2v) is 6.31. The standard InChI is InChI=1S/C19H19N5O2/c1-24-18(21-22-23-24)16-7-2-3-8-17(16)20-19(25)14-6-4-5-13(11-14)15-9-10-26-12-15/h2-8,11,15H,9-10,12H2,1H3,(H,20,25). The molecule has 132 valence electrons. The number of aromatic nitrogens is 4. The molecule has 7 heteroatoms. The molecule has 2 heterocycles. The van der Waals surface area contributed by atoms with Crippen LogP contribution in [-0.4, -0.2) is 39.3 Å². The van der Waals surface area contributed by atoms with Crippen molar-refractivity contribution in [1.29, 1.82) is 0 Å². The number of hydrogen-bond acceptors (Lipinski definition) is 5. The molecule has 1 unspecified atom stereocenters. The van der Waals surface area contributed by atoms with Crippen LogP contribution in [0.2, 0.25) is 0 Å². The molecule has 1 aliphatic rings. The summed E-state index contributed by atoms with van der Waals surface area (Å²) in [5.41, 5.74) is 3.21. The van der Waals surface area contributed by atoms with Gasteiger partial charge in [-0.05, 0) is 46.7 Å². The summed E-state index contributed by atoms with van der Waals surface area (Å²) in [7, 11) is 1.76. The van der Waals surface area contributed by atoms with E-state index in [9.17, 15) is 4.79 Å². The van der Waals surface area contributed by atoms with E-state index in [-0.39, 0.29) is 5.91 Å². The zero-order chi connectivity index (χ0) is 17.9. The fraction of sp³-hybridized carbons (Fsp3) is 0.263. The predicted molar refractivity (Wildman–Crippen MR) is 96.8 cm³/mol. The third-order valence-electron chi connectivity index (χ3n) is 4.59. The number of tetrazole rings is 1. The van der Waals surface area contributed by atoms with Crippen molar-refractivity contribution in [2.24, 2.45) is 7.05 Å². The maximum Gasteiger partial charge on any atom is 0.255 e. The number of carbonyl (C=O) groups is 1. The Morgan fingerprint density at radius 1 is 1.23 bits per heavy atom. The second kappa shape index (κ2) is 7.05. The van der Waals surface area contributed by atoms with Gasteiger partial charge in [0.05, 0.1) is 12.3 Å². The Labute approximate surface area is 151 Å². The number of carbonyl (C=O) groups excluding carboxylic acids is 1. The van der Waals surface area contributed by atoms with Gasteiger partial charge in [-0.2, -0.15) is 0 Å². The van der Waals surface area contributed by atoms with Crippen molar-refractivity contribution < 1.29 is 9.53 Å². The molecule has 1 aliphatic heterocycles. The summed E-state index contributed by atoms with van der Waals surface area (Å²) in [5.74, 6) is 0.797. The molecule has 4 rings (SSSR count). The van der Waals surface area contributed by atoms with Gasteiger partial charge in [0, 0.05) is 30.7 Å². The summed E-state index contributed by atoms with van der Waals surface area (Å²) in [5, 5.41) is 14.5. The number of aryl methyl sites for hydroxylation is 1. The van der Waals surface area contributed by atoms with Crippen molar-refractivity contribution in [3.05, 3.63) is 59.7 Å². The molecule has 1 N–H and O–H groups in total. The minimum absolute atomic E-state index is 0.159. The van der Waals surface area contributed by atoms with E-state index in [1.165, 1.54) is 0 Å². The molecular weight excluding hydrogens is 330 g/mol. The summed E-state index contributed by atoms with van der Waals surface area (Å²) in [6.45, 7) is 1.49. The maximum absolute atomic E-state index is 12.8. The van der Waals surface area contributed by atoms with E-state index in [0.29, 0.717) is 29.6 Å². The minimum Gasteiger partial charge on any atom is -0.381 e. The van der Waals surface area contributed by atoms with E-state index in [1.54, 1.807) is 11.7 Å². The lowest BCUT2D eigenvalue weighted by Crippen LogP contribution is -2.14. The van der Waals surface area contributed by atoms with Gasteiger partial charge in [0.25, 0.3) is 5.91 Å². The van der Waals surface area contributed by atoms with Gasteiger partial charge in [0.2, 0.25) is 0 Å². The average Bonchev–Trinajstić information content (AvgIpc) is 3.34. The van der Waals surface area contributed by atoms with E-state index >= 15 is 0 Å². The highest BCUT2D eigenvalue weighted by Gasteiger charge is 2.19. The molecule has 1 fully saturated rings. The Morgan fingerprint density at radius 3 is 2.88 bits per heavy atom. The number of para-hydroxylation sites is 1. The lowest BCUT2D eigenvalue weighted by molar-refractivity contribution is 0.102. The average molecular weight is 349 g/mol. The third kappa shape index (κ3) is 3.21. The number of hydrogen-bond donors (Lipinski definition) is 1. The van der Waals surface area contributed by atoms with E-state index < -0.39 is 0 Å². The van der Waals surface area contributed by atoms with Crippen LogP contribution in [0.5, 0.6) is 0 Å². The minimum atomic E-state index is -0.159. The number of benzene rings is 2. The first kappa shape index (κ1) is 16.4. The normalized spacial score (nSPS) is 16.6. The molecule has 0 radical (unpaired) electrons. The van der Waals surface area contributed by atoms with Gasteiger partial charge in [-0.15, -0.1) is 5.10 Å². The molecule has 1 amide bonds. The topological polar surface area (TPSA) is 81.9 Å². The fourth-order valence-electron chi connectivity index (χ4n) is 3.17. The Balaban J connectivity index is 1.60. The SMILES string of the molecule is Cn1nnnc1-c1ccccc1NC(=O)c1cccc(C2CCOC2)c1. The smallest absolute Gasteiger partial charge is 0.255 e. The van der Waals surface area contributed by atoms with Crippen molar-refractivity contribution >= 4 is 11.6 Å². The van der Waals surface area contributed by atoms with Gasteiger partial charge >= 0.3 is 0 Å². The summed E-state index contributed by atoms with van der Waals surface area (Å²) >= 11 is 0. The largest absolute Gasteiger partial charge is 0.381 e. The molecule has 0 bridgehead atoms. The first-order chi connectivity index (χ1) is 12.7. The van der Waals surface area contributed by atoms with E-state index in [0.717, 1.165) is 24.2 Å². The summed E-state index contributed by atoms with van der Waals surface area (Å²) in [4.78, 5) is 12.8. The van der Waals surface area contributed by atoms with E-state index in [1.807, 2.05) is 42.5 Å². The van der Waals surface area contributed by atoms with Crippen molar-refractivity contribution in [1.82, 2.24) is 20.2 Å².